The number of nitrogens with two attached hydrogens (primary N) is 1. The normalized spacial score (nSPS) is 10.7. The van der Waals surface area contributed by atoms with Crippen molar-refractivity contribution < 1.29 is 9.53 Å². The topological polar surface area (TPSA) is 88.7 Å². The fourth-order valence-corrected chi connectivity index (χ4v) is 1.58. The highest BCUT2D eigenvalue weighted by molar-refractivity contribution is 14.0. The van der Waals surface area contributed by atoms with Gasteiger partial charge in [0.15, 0.2) is 5.96 Å². The van der Waals surface area contributed by atoms with E-state index in [-0.39, 0.29) is 42.4 Å². The molecule has 0 aliphatic carbocycles. The summed E-state index contributed by atoms with van der Waals surface area (Å²) in [6.07, 6.45) is 0.896. The monoisotopic (exact) mass is 406 g/mol. The van der Waals surface area contributed by atoms with Gasteiger partial charge in [0.2, 0.25) is 5.91 Å². The van der Waals surface area contributed by atoms with E-state index in [1.807, 2.05) is 31.2 Å². The molecule has 118 valence electrons. The van der Waals surface area contributed by atoms with E-state index in [0.717, 1.165) is 17.7 Å². The van der Waals surface area contributed by atoms with E-state index in [1.165, 1.54) is 0 Å². The van der Waals surface area contributed by atoms with Crippen molar-refractivity contribution in [3.05, 3.63) is 29.8 Å². The number of ether oxygens (including phenoxy) is 1. The molecule has 1 amide bonds. The summed E-state index contributed by atoms with van der Waals surface area (Å²) in [5.41, 5.74) is 7.57. The highest BCUT2D eigenvalue weighted by atomic mass is 127. The Morgan fingerprint density at radius 1 is 1.38 bits per heavy atom. The predicted octanol–water partition coefficient (Wildman–Crippen LogP) is 1.70. The number of amides is 1. The summed E-state index contributed by atoms with van der Waals surface area (Å²) in [5, 5.41) is 5.71. The third-order valence-electron chi connectivity index (χ3n) is 2.55. The Labute approximate surface area is 142 Å². The zero-order chi connectivity index (χ0) is 14.8. The highest BCUT2D eigenvalue weighted by Crippen LogP contribution is 2.15. The van der Waals surface area contributed by atoms with Gasteiger partial charge in [0, 0.05) is 24.9 Å². The Hall–Kier alpha value is -1.35. The van der Waals surface area contributed by atoms with Crippen LogP contribution in [0.4, 0.5) is 5.69 Å². The number of hydrogen-bond acceptors (Lipinski definition) is 3. The van der Waals surface area contributed by atoms with Crippen molar-refractivity contribution in [1.82, 2.24) is 5.32 Å². The molecule has 7 heteroatoms. The number of para-hydroxylation sites is 1. The number of guanidine groups is 1. The molecule has 0 aliphatic heterocycles. The maximum Gasteiger partial charge on any atom is 0.241 e. The second-order valence-electron chi connectivity index (χ2n) is 4.27. The third-order valence-corrected chi connectivity index (χ3v) is 2.55. The van der Waals surface area contributed by atoms with Gasteiger partial charge in [0.25, 0.3) is 0 Å². The number of rotatable bonds is 7. The molecule has 0 bridgehead atoms. The standard InChI is InChI=1S/C14H22N4O2.HI/c1-3-8-16-13(19)9-17-14(15)18-12-7-5-4-6-11(12)10-20-2;/h4-7H,3,8-10H2,1-2H3,(H,16,19)(H3,15,17,18);1H. The Morgan fingerprint density at radius 3 is 2.76 bits per heavy atom. The number of benzene rings is 1. The first-order valence-corrected chi connectivity index (χ1v) is 6.57. The summed E-state index contributed by atoms with van der Waals surface area (Å²) in [4.78, 5) is 15.4. The molecule has 4 N–H and O–H groups in total. The molecule has 0 unspecified atom stereocenters. The Balaban J connectivity index is 0.00000400. The fourth-order valence-electron chi connectivity index (χ4n) is 1.58. The Kier molecular flexibility index (Phi) is 10.6. The van der Waals surface area contributed by atoms with Gasteiger partial charge in [0.1, 0.15) is 6.54 Å². The summed E-state index contributed by atoms with van der Waals surface area (Å²) in [6, 6.07) is 7.63. The molecule has 0 aliphatic rings. The zero-order valence-electron chi connectivity index (χ0n) is 12.4. The van der Waals surface area contributed by atoms with E-state index in [2.05, 4.69) is 15.6 Å². The average Bonchev–Trinajstić information content (AvgIpc) is 2.45. The van der Waals surface area contributed by atoms with Crippen molar-refractivity contribution in [2.75, 3.05) is 25.5 Å². The van der Waals surface area contributed by atoms with E-state index in [4.69, 9.17) is 10.5 Å². The lowest BCUT2D eigenvalue weighted by atomic mass is 10.2. The predicted molar refractivity (Wildman–Crippen MR) is 96.0 cm³/mol. The molecular weight excluding hydrogens is 383 g/mol. The van der Waals surface area contributed by atoms with Crippen molar-refractivity contribution in [2.24, 2.45) is 10.7 Å². The van der Waals surface area contributed by atoms with Crippen LogP contribution in [0.5, 0.6) is 0 Å². The number of nitrogens with zero attached hydrogens (tertiary/aromatic N) is 1. The van der Waals surface area contributed by atoms with Crippen molar-refractivity contribution in [2.45, 2.75) is 20.0 Å². The molecule has 1 aromatic rings. The molecule has 1 aromatic carbocycles. The summed E-state index contributed by atoms with van der Waals surface area (Å²) in [7, 11) is 1.63. The number of methoxy groups -OCH3 is 1. The van der Waals surface area contributed by atoms with Crippen molar-refractivity contribution in [1.29, 1.82) is 0 Å². The number of hydrogen-bond donors (Lipinski definition) is 3. The highest BCUT2D eigenvalue weighted by Gasteiger charge is 2.03. The molecule has 0 spiro atoms. The van der Waals surface area contributed by atoms with Crippen molar-refractivity contribution >= 4 is 41.5 Å². The molecule has 0 saturated carbocycles. The summed E-state index contributed by atoms with van der Waals surface area (Å²) in [6.45, 7) is 3.14. The maximum atomic E-state index is 11.4. The van der Waals surface area contributed by atoms with Crippen LogP contribution in [0.3, 0.4) is 0 Å². The van der Waals surface area contributed by atoms with E-state index >= 15 is 0 Å². The zero-order valence-corrected chi connectivity index (χ0v) is 14.7. The molecule has 1 rings (SSSR count). The first-order valence-electron chi connectivity index (χ1n) is 6.57. The minimum Gasteiger partial charge on any atom is -0.380 e. The average molecular weight is 406 g/mol. The second-order valence-corrected chi connectivity index (χ2v) is 4.27. The van der Waals surface area contributed by atoms with Gasteiger partial charge in [0.05, 0.1) is 6.61 Å². The van der Waals surface area contributed by atoms with Crippen molar-refractivity contribution in [3.8, 4) is 0 Å². The summed E-state index contributed by atoms with van der Waals surface area (Å²) < 4.78 is 5.11. The first-order chi connectivity index (χ1) is 9.67. The first kappa shape index (κ1) is 19.7. The van der Waals surface area contributed by atoms with Crippen LogP contribution in [0.2, 0.25) is 0 Å². The van der Waals surface area contributed by atoms with Gasteiger partial charge in [-0.1, -0.05) is 25.1 Å². The van der Waals surface area contributed by atoms with E-state index in [9.17, 15) is 4.79 Å². The van der Waals surface area contributed by atoms with E-state index in [1.54, 1.807) is 7.11 Å². The Bertz CT molecular complexity index is 466. The molecule has 0 heterocycles. The van der Waals surface area contributed by atoms with Crippen LogP contribution >= 0.6 is 24.0 Å². The Morgan fingerprint density at radius 2 is 2.10 bits per heavy atom. The fraction of sp³-hybridized carbons (Fsp3) is 0.429. The molecule has 21 heavy (non-hydrogen) atoms. The van der Waals surface area contributed by atoms with Crippen LogP contribution in [0, 0.1) is 0 Å². The van der Waals surface area contributed by atoms with Crippen LogP contribution < -0.4 is 16.4 Å². The van der Waals surface area contributed by atoms with Gasteiger partial charge < -0.3 is 21.1 Å². The van der Waals surface area contributed by atoms with Crippen LogP contribution in [-0.2, 0) is 16.1 Å². The molecule has 0 saturated heterocycles. The van der Waals surface area contributed by atoms with Gasteiger partial charge in [-0.05, 0) is 12.5 Å². The second kappa shape index (κ2) is 11.3. The van der Waals surface area contributed by atoms with Crippen molar-refractivity contribution in [3.63, 3.8) is 0 Å². The van der Waals surface area contributed by atoms with Crippen LogP contribution in [0.25, 0.3) is 0 Å². The molecule has 0 radical (unpaired) electrons. The van der Waals surface area contributed by atoms with E-state index in [0.29, 0.717) is 13.2 Å². The number of carbonyl (C=O) groups is 1. The number of aliphatic imine (C=N–C) groups is 1. The van der Waals surface area contributed by atoms with Gasteiger partial charge in [-0.3, -0.25) is 4.79 Å². The minimum absolute atomic E-state index is 0. The van der Waals surface area contributed by atoms with E-state index < -0.39 is 0 Å². The lowest BCUT2D eigenvalue weighted by Crippen LogP contribution is -2.29. The smallest absolute Gasteiger partial charge is 0.241 e. The number of halogens is 1. The van der Waals surface area contributed by atoms with Gasteiger partial charge in [-0.2, -0.15) is 0 Å². The van der Waals surface area contributed by atoms with Gasteiger partial charge in [-0.25, -0.2) is 4.99 Å². The minimum atomic E-state index is -0.137. The third kappa shape index (κ3) is 7.86. The molecular formula is C14H23IN4O2. The summed E-state index contributed by atoms with van der Waals surface area (Å²) >= 11 is 0. The summed E-state index contributed by atoms with van der Waals surface area (Å²) in [5.74, 6) is 0.0713. The molecule has 6 nitrogen and oxygen atoms in total. The van der Waals surface area contributed by atoms with Crippen LogP contribution in [-0.4, -0.2) is 32.1 Å². The largest absolute Gasteiger partial charge is 0.380 e. The van der Waals surface area contributed by atoms with Crippen LogP contribution in [0.15, 0.2) is 29.3 Å². The number of nitrogens with one attached hydrogen (secondary N) is 2. The SMILES string of the molecule is CCCNC(=O)CN=C(N)Nc1ccccc1COC.I. The maximum absolute atomic E-state index is 11.4. The quantitative estimate of drug-likeness (QED) is 0.366. The van der Waals surface area contributed by atoms with Crippen LogP contribution in [0.1, 0.15) is 18.9 Å². The molecule has 0 fully saturated rings. The van der Waals surface area contributed by atoms with Gasteiger partial charge >= 0.3 is 0 Å². The number of carbonyl (C=O) groups excluding carboxylic acids is 1. The van der Waals surface area contributed by atoms with Gasteiger partial charge in [-0.15, -0.1) is 24.0 Å². The molecule has 0 atom stereocenters. The molecule has 0 aromatic heterocycles. The lowest BCUT2D eigenvalue weighted by Gasteiger charge is -2.10. The lowest BCUT2D eigenvalue weighted by molar-refractivity contribution is -0.119. The number of anilines is 1.